The minimum atomic E-state index is 0.299. The first-order valence-electron chi connectivity index (χ1n) is 9.00. The maximum atomic E-state index is 3.47. The zero-order chi connectivity index (χ0) is 14.9. The smallest absolute Gasteiger partial charge is 0.0281 e. The highest BCUT2D eigenvalue weighted by Gasteiger charge is 2.37. The van der Waals surface area contributed by atoms with E-state index < -0.39 is 0 Å². The molecule has 0 spiro atoms. The summed E-state index contributed by atoms with van der Waals surface area (Å²) in [6, 6.07) is 1.54. The molecule has 3 aliphatic rings. The van der Waals surface area contributed by atoms with E-state index >= 15 is 0 Å². The van der Waals surface area contributed by atoms with Gasteiger partial charge < -0.3 is 5.32 Å². The Bertz CT molecular complexity index is 338. The van der Waals surface area contributed by atoms with Gasteiger partial charge in [0, 0.05) is 63.4 Å². The van der Waals surface area contributed by atoms with Crippen molar-refractivity contribution < 1.29 is 0 Å². The first-order valence-corrected chi connectivity index (χ1v) is 9.00. The minimum absolute atomic E-state index is 0.299. The van der Waals surface area contributed by atoms with Gasteiger partial charge >= 0.3 is 0 Å². The molecule has 0 aliphatic carbocycles. The highest BCUT2D eigenvalue weighted by Crippen LogP contribution is 2.26. The van der Waals surface area contributed by atoms with Crippen LogP contribution in [0.1, 0.15) is 40.0 Å². The lowest BCUT2D eigenvalue weighted by molar-refractivity contribution is -0.0185. The minimum Gasteiger partial charge on any atom is -0.314 e. The van der Waals surface area contributed by atoms with Crippen LogP contribution in [0, 0.1) is 0 Å². The van der Waals surface area contributed by atoms with Crippen LogP contribution in [0.3, 0.4) is 0 Å². The van der Waals surface area contributed by atoms with Crippen molar-refractivity contribution in [3.05, 3.63) is 0 Å². The first kappa shape index (κ1) is 15.7. The van der Waals surface area contributed by atoms with Crippen LogP contribution in [0.4, 0.5) is 0 Å². The van der Waals surface area contributed by atoms with Gasteiger partial charge in [0.05, 0.1) is 0 Å². The summed E-state index contributed by atoms with van der Waals surface area (Å²) in [6.45, 7) is 17.1. The lowest BCUT2D eigenvalue weighted by Crippen LogP contribution is -2.64. The van der Waals surface area contributed by atoms with Crippen LogP contribution in [0.25, 0.3) is 0 Å². The monoisotopic (exact) mass is 294 g/mol. The second kappa shape index (κ2) is 6.53. The maximum Gasteiger partial charge on any atom is 0.0281 e. The van der Waals surface area contributed by atoms with Crippen molar-refractivity contribution in [2.75, 3.05) is 52.4 Å². The number of nitrogens with one attached hydrogen (secondary N) is 1. The zero-order valence-corrected chi connectivity index (χ0v) is 14.3. The highest BCUT2D eigenvalue weighted by atomic mass is 15.3. The molecule has 1 N–H and O–H groups in total. The van der Waals surface area contributed by atoms with Crippen LogP contribution in [0.15, 0.2) is 0 Å². The number of hydrogen-bond donors (Lipinski definition) is 1. The Labute approximate surface area is 130 Å². The van der Waals surface area contributed by atoms with Crippen molar-refractivity contribution in [1.29, 1.82) is 0 Å². The molecule has 3 saturated heterocycles. The zero-order valence-electron chi connectivity index (χ0n) is 14.3. The summed E-state index contributed by atoms with van der Waals surface area (Å²) >= 11 is 0. The Balaban J connectivity index is 1.60. The Hall–Kier alpha value is -0.160. The van der Waals surface area contributed by atoms with E-state index in [-0.39, 0.29) is 0 Å². The van der Waals surface area contributed by atoms with Crippen molar-refractivity contribution in [1.82, 2.24) is 20.0 Å². The largest absolute Gasteiger partial charge is 0.314 e. The van der Waals surface area contributed by atoms with Gasteiger partial charge in [0.2, 0.25) is 0 Å². The molecule has 2 unspecified atom stereocenters. The molecular weight excluding hydrogens is 260 g/mol. The summed E-state index contributed by atoms with van der Waals surface area (Å²) in [7, 11) is 0. The predicted octanol–water partition coefficient (Wildman–Crippen LogP) is 1.23. The van der Waals surface area contributed by atoms with Crippen molar-refractivity contribution in [2.45, 2.75) is 57.7 Å². The SMILES string of the molecule is CC1CN2CCCCC2CN1CC(C)(C)N1CCNCC1. The van der Waals surface area contributed by atoms with Gasteiger partial charge in [-0.05, 0) is 40.2 Å². The molecule has 0 bridgehead atoms. The van der Waals surface area contributed by atoms with Crippen LogP contribution >= 0.6 is 0 Å². The third kappa shape index (κ3) is 3.61. The van der Waals surface area contributed by atoms with E-state index in [0.717, 1.165) is 19.1 Å². The fraction of sp³-hybridized carbons (Fsp3) is 1.00. The van der Waals surface area contributed by atoms with Gasteiger partial charge in [-0.1, -0.05) is 6.42 Å². The number of hydrogen-bond acceptors (Lipinski definition) is 4. The highest BCUT2D eigenvalue weighted by molar-refractivity contribution is 4.94. The van der Waals surface area contributed by atoms with Gasteiger partial charge in [-0.25, -0.2) is 0 Å². The van der Waals surface area contributed by atoms with Crippen LogP contribution in [0.2, 0.25) is 0 Å². The predicted molar refractivity (Wildman–Crippen MR) is 88.8 cm³/mol. The Morgan fingerprint density at radius 1 is 1.05 bits per heavy atom. The van der Waals surface area contributed by atoms with Crippen LogP contribution in [0.5, 0.6) is 0 Å². The molecule has 3 aliphatic heterocycles. The van der Waals surface area contributed by atoms with Crippen molar-refractivity contribution >= 4 is 0 Å². The number of piperazine rings is 2. The molecule has 3 heterocycles. The summed E-state index contributed by atoms with van der Waals surface area (Å²) < 4.78 is 0. The summed E-state index contributed by atoms with van der Waals surface area (Å²) in [5, 5.41) is 3.47. The molecule has 0 radical (unpaired) electrons. The van der Waals surface area contributed by atoms with E-state index in [1.165, 1.54) is 58.5 Å². The number of nitrogens with zero attached hydrogens (tertiary/aromatic N) is 3. The second-order valence-corrected chi connectivity index (χ2v) is 7.97. The molecule has 0 aromatic rings. The molecule has 3 fully saturated rings. The standard InChI is InChI=1S/C17H34N4/c1-15-12-19-9-5-4-6-16(19)13-20(15)14-17(2,3)21-10-7-18-8-11-21/h15-16,18H,4-14H2,1-3H3. The van der Waals surface area contributed by atoms with E-state index in [1.54, 1.807) is 0 Å². The Morgan fingerprint density at radius 3 is 2.57 bits per heavy atom. The van der Waals surface area contributed by atoms with Gasteiger partial charge in [0.15, 0.2) is 0 Å². The average molecular weight is 294 g/mol. The van der Waals surface area contributed by atoms with Crippen LogP contribution in [-0.2, 0) is 0 Å². The molecular formula is C17H34N4. The quantitative estimate of drug-likeness (QED) is 0.845. The van der Waals surface area contributed by atoms with E-state index in [1.807, 2.05) is 0 Å². The molecule has 21 heavy (non-hydrogen) atoms. The second-order valence-electron chi connectivity index (χ2n) is 7.97. The molecule has 0 amide bonds. The van der Waals surface area contributed by atoms with Gasteiger partial charge in [-0.2, -0.15) is 0 Å². The van der Waals surface area contributed by atoms with Crippen molar-refractivity contribution in [2.24, 2.45) is 0 Å². The normalized spacial score (nSPS) is 33.9. The first-order chi connectivity index (χ1) is 10.1. The van der Waals surface area contributed by atoms with Gasteiger partial charge in [0.1, 0.15) is 0 Å². The molecule has 0 saturated carbocycles. The van der Waals surface area contributed by atoms with Gasteiger partial charge in [0.25, 0.3) is 0 Å². The maximum absolute atomic E-state index is 3.47. The van der Waals surface area contributed by atoms with Crippen molar-refractivity contribution in [3.63, 3.8) is 0 Å². The summed E-state index contributed by atoms with van der Waals surface area (Å²) in [5.41, 5.74) is 0.299. The number of rotatable bonds is 3. The number of fused-ring (bicyclic) bond motifs is 1. The molecule has 2 atom stereocenters. The summed E-state index contributed by atoms with van der Waals surface area (Å²) in [4.78, 5) is 8.21. The van der Waals surface area contributed by atoms with E-state index in [4.69, 9.17) is 0 Å². The van der Waals surface area contributed by atoms with Crippen LogP contribution in [-0.4, -0.2) is 84.7 Å². The molecule has 4 nitrogen and oxygen atoms in total. The summed E-state index contributed by atoms with van der Waals surface area (Å²) in [5.74, 6) is 0. The Kier molecular flexibility index (Phi) is 4.89. The van der Waals surface area contributed by atoms with Crippen LogP contribution < -0.4 is 5.32 Å². The molecule has 4 heteroatoms. The van der Waals surface area contributed by atoms with E-state index in [2.05, 4.69) is 40.8 Å². The Morgan fingerprint density at radius 2 is 1.81 bits per heavy atom. The number of piperidine rings is 1. The third-order valence-electron chi connectivity index (χ3n) is 5.88. The average Bonchev–Trinajstić information content (AvgIpc) is 2.49. The van der Waals surface area contributed by atoms with Gasteiger partial charge in [-0.3, -0.25) is 14.7 Å². The van der Waals surface area contributed by atoms with Gasteiger partial charge in [-0.15, -0.1) is 0 Å². The molecule has 0 aromatic heterocycles. The van der Waals surface area contributed by atoms with Crippen molar-refractivity contribution in [3.8, 4) is 0 Å². The fourth-order valence-electron chi connectivity index (χ4n) is 4.50. The molecule has 122 valence electrons. The van der Waals surface area contributed by atoms with E-state index in [9.17, 15) is 0 Å². The summed E-state index contributed by atoms with van der Waals surface area (Å²) in [6.07, 6.45) is 4.26. The topological polar surface area (TPSA) is 21.8 Å². The lowest BCUT2D eigenvalue weighted by Gasteiger charge is -2.51. The molecule has 3 rings (SSSR count). The fourth-order valence-corrected chi connectivity index (χ4v) is 4.50. The third-order valence-corrected chi connectivity index (χ3v) is 5.88. The molecule has 0 aromatic carbocycles. The lowest BCUT2D eigenvalue weighted by atomic mass is 9.94. The van der Waals surface area contributed by atoms with E-state index in [0.29, 0.717) is 11.6 Å².